The predicted molar refractivity (Wildman–Crippen MR) is 71.4 cm³/mol. The highest BCUT2D eigenvalue weighted by Gasteiger charge is 2.26. The molecule has 0 heterocycles. The Hall–Kier alpha value is -1.35. The van der Waals surface area contributed by atoms with E-state index in [4.69, 9.17) is 0 Å². The molecule has 0 saturated heterocycles. The lowest BCUT2D eigenvalue weighted by atomic mass is 9.97. The number of carbonyl (C=O) groups is 1. The van der Waals surface area contributed by atoms with Crippen molar-refractivity contribution >= 4 is 5.91 Å². The van der Waals surface area contributed by atoms with Gasteiger partial charge in [-0.1, -0.05) is 24.1 Å². The topological polar surface area (TPSA) is 49.3 Å². The SMILES string of the molecule is Cc1ccc(C(=O)NCC2CCCC2CO)cc1. The average Bonchev–Trinajstić information content (AvgIpc) is 2.84. The summed E-state index contributed by atoms with van der Waals surface area (Å²) in [5.74, 6) is 0.784. The van der Waals surface area contributed by atoms with Crippen LogP contribution in [0.2, 0.25) is 0 Å². The van der Waals surface area contributed by atoms with E-state index in [0.717, 1.165) is 24.8 Å². The fraction of sp³-hybridized carbons (Fsp3) is 0.533. The van der Waals surface area contributed by atoms with E-state index < -0.39 is 0 Å². The van der Waals surface area contributed by atoms with Crippen LogP contribution in [0, 0.1) is 18.8 Å². The van der Waals surface area contributed by atoms with Gasteiger partial charge in [-0.2, -0.15) is 0 Å². The van der Waals surface area contributed by atoms with Gasteiger partial charge in [0.2, 0.25) is 0 Å². The molecule has 1 saturated carbocycles. The first-order valence-corrected chi connectivity index (χ1v) is 6.66. The second kappa shape index (κ2) is 6.01. The summed E-state index contributed by atoms with van der Waals surface area (Å²) in [5, 5.41) is 12.2. The summed E-state index contributed by atoms with van der Waals surface area (Å²) in [4.78, 5) is 11.9. The number of aryl methyl sites for hydroxylation is 1. The number of hydrogen-bond donors (Lipinski definition) is 2. The number of benzene rings is 1. The van der Waals surface area contributed by atoms with E-state index >= 15 is 0 Å². The molecule has 0 aliphatic heterocycles. The number of aliphatic hydroxyl groups excluding tert-OH is 1. The fourth-order valence-corrected chi connectivity index (χ4v) is 2.65. The highest BCUT2D eigenvalue weighted by atomic mass is 16.3. The molecule has 98 valence electrons. The number of aliphatic hydroxyl groups is 1. The standard InChI is InChI=1S/C15H21NO2/c1-11-5-7-12(8-6-11)15(18)16-9-13-3-2-4-14(13)10-17/h5-8,13-14,17H,2-4,9-10H2,1H3,(H,16,18). The van der Waals surface area contributed by atoms with Crippen LogP contribution in [0.3, 0.4) is 0 Å². The van der Waals surface area contributed by atoms with Crippen molar-refractivity contribution in [1.82, 2.24) is 5.32 Å². The van der Waals surface area contributed by atoms with Crippen LogP contribution in [0.25, 0.3) is 0 Å². The molecule has 2 unspecified atom stereocenters. The van der Waals surface area contributed by atoms with Gasteiger partial charge in [-0.15, -0.1) is 0 Å². The molecule has 1 aromatic rings. The molecule has 3 heteroatoms. The second-order valence-corrected chi connectivity index (χ2v) is 5.21. The highest BCUT2D eigenvalue weighted by molar-refractivity contribution is 5.94. The predicted octanol–water partition coefficient (Wildman–Crippen LogP) is 2.13. The van der Waals surface area contributed by atoms with Crippen LogP contribution in [0.15, 0.2) is 24.3 Å². The summed E-state index contributed by atoms with van der Waals surface area (Å²) in [6, 6.07) is 7.59. The van der Waals surface area contributed by atoms with Gasteiger partial charge in [0.25, 0.3) is 5.91 Å². The molecule has 2 atom stereocenters. The minimum absolute atomic E-state index is 0.0152. The zero-order chi connectivity index (χ0) is 13.0. The third kappa shape index (κ3) is 3.10. The molecule has 0 spiro atoms. The maximum absolute atomic E-state index is 11.9. The van der Waals surface area contributed by atoms with Crippen molar-refractivity contribution < 1.29 is 9.90 Å². The van der Waals surface area contributed by atoms with Gasteiger partial charge in [-0.25, -0.2) is 0 Å². The van der Waals surface area contributed by atoms with E-state index in [9.17, 15) is 9.90 Å². The first kappa shape index (κ1) is 13.1. The summed E-state index contributed by atoms with van der Waals surface area (Å²) < 4.78 is 0. The van der Waals surface area contributed by atoms with E-state index in [2.05, 4.69) is 5.32 Å². The van der Waals surface area contributed by atoms with Crippen molar-refractivity contribution in [3.8, 4) is 0 Å². The van der Waals surface area contributed by atoms with Crippen molar-refractivity contribution in [2.75, 3.05) is 13.2 Å². The Kier molecular flexibility index (Phi) is 4.37. The molecule has 2 rings (SSSR count). The molecule has 0 bridgehead atoms. The summed E-state index contributed by atoms with van der Waals surface area (Å²) in [6.07, 6.45) is 3.36. The van der Waals surface area contributed by atoms with Crippen LogP contribution >= 0.6 is 0 Å². The van der Waals surface area contributed by atoms with Gasteiger partial charge in [0, 0.05) is 18.7 Å². The van der Waals surface area contributed by atoms with E-state index in [1.54, 1.807) is 0 Å². The maximum atomic E-state index is 11.9. The first-order valence-electron chi connectivity index (χ1n) is 6.66. The summed E-state index contributed by atoms with van der Waals surface area (Å²) in [5.41, 5.74) is 1.86. The van der Waals surface area contributed by atoms with Gasteiger partial charge in [0.05, 0.1) is 0 Å². The van der Waals surface area contributed by atoms with Crippen molar-refractivity contribution in [3.05, 3.63) is 35.4 Å². The van der Waals surface area contributed by atoms with Gasteiger partial charge in [-0.05, 0) is 43.7 Å². The van der Waals surface area contributed by atoms with Crippen LogP contribution in [0.1, 0.15) is 35.2 Å². The van der Waals surface area contributed by atoms with Gasteiger partial charge >= 0.3 is 0 Å². The molecule has 1 amide bonds. The Morgan fingerprint density at radius 3 is 2.61 bits per heavy atom. The number of rotatable bonds is 4. The zero-order valence-corrected chi connectivity index (χ0v) is 10.9. The molecule has 0 radical (unpaired) electrons. The summed E-state index contributed by atoms with van der Waals surface area (Å²) in [7, 11) is 0. The molecule has 18 heavy (non-hydrogen) atoms. The quantitative estimate of drug-likeness (QED) is 0.856. The highest BCUT2D eigenvalue weighted by Crippen LogP contribution is 2.30. The van der Waals surface area contributed by atoms with E-state index in [-0.39, 0.29) is 12.5 Å². The zero-order valence-electron chi connectivity index (χ0n) is 10.9. The van der Waals surface area contributed by atoms with Gasteiger partial charge < -0.3 is 10.4 Å². The second-order valence-electron chi connectivity index (χ2n) is 5.21. The molecule has 1 aliphatic rings. The third-order valence-electron chi connectivity index (χ3n) is 3.89. The third-order valence-corrected chi connectivity index (χ3v) is 3.89. The minimum Gasteiger partial charge on any atom is -0.396 e. The lowest BCUT2D eigenvalue weighted by molar-refractivity contribution is 0.0938. The molecule has 1 aromatic carbocycles. The molecular formula is C15H21NO2. The molecule has 1 aliphatic carbocycles. The first-order chi connectivity index (χ1) is 8.70. The molecule has 1 fully saturated rings. The Balaban J connectivity index is 1.86. The normalized spacial score (nSPS) is 23.0. The largest absolute Gasteiger partial charge is 0.396 e. The van der Waals surface area contributed by atoms with Crippen molar-refractivity contribution in [2.45, 2.75) is 26.2 Å². The van der Waals surface area contributed by atoms with Crippen molar-refractivity contribution in [1.29, 1.82) is 0 Å². The smallest absolute Gasteiger partial charge is 0.251 e. The number of hydrogen-bond acceptors (Lipinski definition) is 2. The van der Waals surface area contributed by atoms with Crippen LogP contribution in [-0.4, -0.2) is 24.2 Å². The van der Waals surface area contributed by atoms with E-state index in [1.807, 2.05) is 31.2 Å². The van der Waals surface area contributed by atoms with Crippen LogP contribution in [0.5, 0.6) is 0 Å². The van der Waals surface area contributed by atoms with E-state index in [0.29, 0.717) is 23.9 Å². The lowest BCUT2D eigenvalue weighted by Gasteiger charge is -2.17. The monoisotopic (exact) mass is 247 g/mol. The maximum Gasteiger partial charge on any atom is 0.251 e. The molecule has 2 N–H and O–H groups in total. The van der Waals surface area contributed by atoms with Gasteiger partial charge in [0.1, 0.15) is 0 Å². The van der Waals surface area contributed by atoms with Crippen LogP contribution in [-0.2, 0) is 0 Å². The van der Waals surface area contributed by atoms with Gasteiger partial charge in [-0.3, -0.25) is 4.79 Å². The molecular weight excluding hydrogens is 226 g/mol. The Morgan fingerprint density at radius 1 is 1.28 bits per heavy atom. The molecule has 3 nitrogen and oxygen atoms in total. The molecule has 0 aromatic heterocycles. The number of amides is 1. The van der Waals surface area contributed by atoms with Crippen LogP contribution < -0.4 is 5.32 Å². The summed E-state index contributed by atoms with van der Waals surface area (Å²) >= 11 is 0. The Bertz CT molecular complexity index is 399. The average molecular weight is 247 g/mol. The van der Waals surface area contributed by atoms with Crippen molar-refractivity contribution in [3.63, 3.8) is 0 Å². The minimum atomic E-state index is -0.0152. The van der Waals surface area contributed by atoms with Crippen molar-refractivity contribution in [2.24, 2.45) is 11.8 Å². The number of nitrogens with one attached hydrogen (secondary N) is 1. The van der Waals surface area contributed by atoms with Crippen LogP contribution in [0.4, 0.5) is 0 Å². The fourth-order valence-electron chi connectivity index (χ4n) is 2.65. The Labute approximate surface area is 108 Å². The summed E-state index contributed by atoms with van der Waals surface area (Å²) in [6.45, 7) is 2.93. The number of carbonyl (C=O) groups excluding carboxylic acids is 1. The van der Waals surface area contributed by atoms with Gasteiger partial charge in [0.15, 0.2) is 0 Å². The lowest BCUT2D eigenvalue weighted by Crippen LogP contribution is -2.31. The van der Waals surface area contributed by atoms with E-state index in [1.165, 1.54) is 0 Å². The Morgan fingerprint density at radius 2 is 1.94 bits per heavy atom.